The van der Waals surface area contributed by atoms with E-state index in [9.17, 15) is 4.39 Å². The topological polar surface area (TPSA) is 27.6 Å². The van der Waals surface area contributed by atoms with Crippen LogP contribution in [0.2, 0.25) is 0 Å². The van der Waals surface area contributed by atoms with Gasteiger partial charge in [0, 0.05) is 13.0 Å². The summed E-state index contributed by atoms with van der Waals surface area (Å²) < 4.78 is 13.8. The van der Waals surface area contributed by atoms with Gasteiger partial charge in [-0.25, -0.2) is 9.40 Å². The molecule has 0 saturated heterocycles. The molecule has 1 atom stereocenters. The molecule has 1 N–H and O–H groups in total. The molecule has 0 radical (unpaired) electrons. The lowest BCUT2D eigenvalue weighted by atomic mass is 10.0. The molecule has 28 heavy (non-hydrogen) atoms. The second-order valence-corrected chi connectivity index (χ2v) is 7.95. The van der Waals surface area contributed by atoms with E-state index in [2.05, 4.69) is 23.5 Å². The Morgan fingerprint density at radius 2 is 2.00 bits per heavy atom. The zero-order chi connectivity index (χ0) is 19.3. The molecule has 4 rings (SSSR count). The average molecular weight is 410 g/mol. The highest BCUT2D eigenvalue weighted by Gasteiger charge is 2.31. The number of nitrogens with zero attached hydrogens (tertiary/aromatic N) is 2. The van der Waals surface area contributed by atoms with Gasteiger partial charge < -0.3 is 5.32 Å². The Bertz CT molecular complexity index is 970. The van der Waals surface area contributed by atoms with Gasteiger partial charge >= 0.3 is 0 Å². The molecule has 1 aliphatic heterocycles. The molecule has 0 fully saturated rings. The van der Waals surface area contributed by atoms with Gasteiger partial charge in [-0.15, -0.1) is 11.3 Å². The Labute approximate surface area is 173 Å². The number of thiophene rings is 1. The third-order valence-corrected chi connectivity index (χ3v) is 5.94. The number of thiocarbonyl (C=S) groups is 1. The second-order valence-electron chi connectivity index (χ2n) is 6.61. The monoisotopic (exact) mass is 409 g/mol. The maximum Gasteiger partial charge on any atom is 0.190 e. The van der Waals surface area contributed by atoms with E-state index in [1.165, 1.54) is 11.6 Å². The first-order valence-corrected chi connectivity index (χ1v) is 10.5. The zero-order valence-corrected chi connectivity index (χ0v) is 16.8. The normalized spacial score (nSPS) is 16.1. The number of hydrogen-bond donors (Lipinski definition) is 1. The molecule has 1 unspecified atom stereocenters. The van der Waals surface area contributed by atoms with E-state index in [0.717, 1.165) is 29.1 Å². The molecule has 1 aromatic heterocycles. The van der Waals surface area contributed by atoms with Gasteiger partial charge in [-0.05, 0) is 53.3 Å². The number of nitrogens with one attached hydrogen (secondary N) is 1. The van der Waals surface area contributed by atoms with E-state index in [4.69, 9.17) is 17.3 Å². The van der Waals surface area contributed by atoms with E-state index in [0.29, 0.717) is 11.5 Å². The third kappa shape index (κ3) is 4.29. The maximum atomic E-state index is 13.8. The lowest BCUT2D eigenvalue weighted by Gasteiger charge is -2.25. The Balaban J connectivity index is 1.50. The first-order chi connectivity index (χ1) is 13.7. The molecule has 0 amide bonds. The molecule has 3 aromatic rings. The molecular weight excluding hydrogens is 389 g/mol. The fourth-order valence-electron chi connectivity index (χ4n) is 3.30. The van der Waals surface area contributed by atoms with Gasteiger partial charge in [-0.3, -0.25) is 0 Å². The summed E-state index contributed by atoms with van der Waals surface area (Å²) >= 11 is 7.29. The van der Waals surface area contributed by atoms with Crippen LogP contribution in [0.15, 0.2) is 77.2 Å². The van der Waals surface area contributed by atoms with E-state index < -0.39 is 0 Å². The predicted molar refractivity (Wildman–Crippen MR) is 117 cm³/mol. The minimum absolute atomic E-state index is 0.107. The second kappa shape index (κ2) is 8.63. The number of halogens is 1. The predicted octanol–water partition coefficient (Wildman–Crippen LogP) is 5.16. The van der Waals surface area contributed by atoms with Crippen LogP contribution < -0.4 is 5.32 Å². The Hall–Kier alpha value is -2.57. The number of rotatable bonds is 5. The molecule has 0 saturated carbocycles. The van der Waals surface area contributed by atoms with Crippen molar-refractivity contribution in [3.05, 3.63) is 93.9 Å². The quantitative estimate of drug-likeness (QED) is 0.590. The molecule has 142 valence electrons. The average Bonchev–Trinajstić information content (AvgIpc) is 3.38. The summed E-state index contributed by atoms with van der Waals surface area (Å²) in [6.07, 6.45) is 1.57. The highest BCUT2D eigenvalue weighted by molar-refractivity contribution is 7.80. The van der Waals surface area contributed by atoms with Crippen LogP contribution in [0, 0.1) is 5.82 Å². The fraction of sp³-hybridized carbons (Fsp3) is 0.182. The minimum Gasteiger partial charge on any atom is -0.361 e. The summed E-state index contributed by atoms with van der Waals surface area (Å²) in [7, 11) is 0. The molecule has 0 aliphatic carbocycles. The van der Waals surface area contributed by atoms with Crippen molar-refractivity contribution in [2.75, 3.05) is 6.54 Å². The molecular formula is C22H20FN3S2. The first-order valence-electron chi connectivity index (χ1n) is 9.18. The summed E-state index contributed by atoms with van der Waals surface area (Å²) in [5.74, 6) is -0.245. The van der Waals surface area contributed by atoms with Gasteiger partial charge in [0.25, 0.3) is 0 Å². The SMILES string of the molecule is Fc1cccc(C2CC(c3cccs3)=NN2C(=S)NCCc2ccccc2)c1. The maximum absolute atomic E-state index is 13.8. The van der Waals surface area contributed by atoms with E-state index in [-0.39, 0.29) is 11.9 Å². The van der Waals surface area contributed by atoms with Crippen LogP contribution >= 0.6 is 23.6 Å². The van der Waals surface area contributed by atoms with Crippen molar-refractivity contribution in [1.29, 1.82) is 0 Å². The van der Waals surface area contributed by atoms with Crippen molar-refractivity contribution in [3.8, 4) is 0 Å². The van der Waals surface area contributed by atoms with Crippen molar-refractivity contribution in [2.45, 2.75) is 18.9 Å². The molecule has 3 nitrogen and oxygen atoms in total. The van der Waals surface area contributed by atoms with E-state index in [1.807, 2.05) is 40.7 Å². The molecule has 6 heteroatoms. The highest BCUT2D eigenvalue weighted by atomic mass is 32.1. The Kier molecular flexibility index (Phi) is 5.78. The number of benzene rings is 2. The standard InChI is InChI=1S/C22H20FN3S2/c23-18-9-4-8-17(14-18)20-15-19(21-10-5-13-28-21)25-26(20)22(27)24-12-11-16-6-2-1-3-7-16/h1-10,13-14,20H,11-12,15H2,(H,24,27). The lowest BCUT2D eigenvalue weighted by molar-refractivity contribution is 0.363. The zero-order valence-electron chi connectivity index (χ0n) is 15.2. The number of hydrazone groups is 1. The van der Waals surface area contributed by atoms with Crippen molar-refractivity contribution in [3.63, 3.8) is 0 Å². The van der Waals surface area contributed by atoms with Crippen LogP contribution in [0.25, 0.3) is 0 Å². The molecule has 0 bridgehead atoms. The summed E-state index contributed by atoms with van der Waals surface area (Å²) in [6.45, 7) is 0.721. The molecule has 0 spiro atoms. The van der Waals surface area contributed by atoms with E-state index >= 15 is 0 Å². The van der Waals surface area contributed by atoms with Crippen LogP contribution in [0.4, 0.5) is 4.39 Å². The molecule has 2 aromatic carbocycles. The van der Waals surface area contributed by atoms with Crippen LogP contribution in [-0.2, 0) is 6.42 Å². The van der Waals surface area contributed by atoms with Crippen molar-refractivity contribution in [1.82, 2.24) is 10.3 Å². The van der Waals surface area contributed by atoms with Gasteiger partial charge in [0.2, 0.25) is 0 Å². The van der Waals surface area contributed by atoms with Gasteiger partial charge in [-0.1, -0.05) is 48.5 Å². The van der Waals surface area contributed by atoms with Crippen LogP contribution in [0.5, 0.6) is 0 Å². The lowest BCUT2D eigenvalue weighted by Crippen LogP contribution is -2.37. The Morgan fingerprint density at radius 1 is 1.14 bits per heavy atom. The Morgan fingerprint density at radius 3 is 2.75 bits per heavy atom. The fourth-order valence-corrected chi connectivity index (χ4v) is 4.29. The summed E-state index contributed by atoms with van der Waals surface area (Å²) in [5.41, 5.74) is 3.11. The summed E-state index contributed by atoms with van der Waals surface area (Å²) in [6, 6.07) is 20.9. The van der Waals surface area contributed by atoms with Gasteiger partial charge in [0.15, 0.2) is 5.11 Å². The van der Waals surface area contributed by atoms with Crippen LogP contribution in [0.3, 0.4) is 0 Å². The smallest absolute Gasteiger partial charge is 0.190 e. The van der Waals surface area contributed by atoms with Crippen LogP contribution in [-0.4, -0.2) is 22.4 Å². The number of hydrogen-bond acceptors (Lipinski definition) is 3. The molecule has 1 aliphatic rings. The molecule has 2 heterocycles. The van der Waals surface area contributed by atoms with Crippen molar-refractivity contribution >= 4 is 34.4 Å². The van der Waals surface area contributed by atoms with Gasteiger partial charge in [0.1, 0.15) is 5.82 Å². The summed E-state index contributed by atoms with van der Waals surface area (Å²) in [5, 5.41) is 12.5. The van der Waals surface area contributed by atoms with Crippen LogP contribution in [0.1, 0.15) is 28.5 Å². The largest absolute Gasteiger partial charge is 0.361 e. The highest BCUT2D eigenvalue weighted by Crippen LogP contribution is 2.34. The van der Waals surface area contributed by atoms with Gasteiger partial charge in [-0.2, -0.15) is 5.10 Å². The third-order valence-electron chi connectivity index (χ3n) is 4.69. The first kappa shape index (κ1) is 18.8. The van der Waals surface area contributed by atoms with Crippen molar-refractivity contribution in [2.24, 2.45) is 5.10 Å². The van der Waals surface area contributed by atoms with Gasteiger partial charge in [0.05, 0.1) is 16.6 Å². The van der Waals surface area contributed by atoms with E-state index in [1.54, 1.807) is 23.5 Å². The minimum atomic E-state index is -0.245. The summed E-state index contributed by atoms with van der Waals surface area (Å²) in [4.78, 5) is 1.12. The van der Waals surface area contributed by atoms with Crippen molar-refractivity contribution < 1.29 is 4.39 Å².